The maximum absolute atomic E-state index is 13.4. The first-order valence-electron chi connectivity index (χ1n) is 7.54. The van der Waals surface area contributed by atoms with Crippen LogP contribution in [-0.2, 0) is 6.18 Å². The number of nitrogens with one attached hydrogen (secondary N) is 1. The number of pyridine rings is 1. The third kappa shape index (κ3) is 3.30. The second-order valence-electron chi connectivity index (χ2n) is 5.39. The minimum atomic E-state index is -4.81. The molecule has 2 aromatic carbocycles. The number of halogens is 3. The van der Waals surface area contributed by atoms with E-state index in [0.29, 0.717) is 11.3 Å². The molecule has 0 spiro atoms. The number of benzene rings is 2. The molecular weight excluding hydrogens is 343 g/mol. The molecule has 0 aliphatic rings. The van der Waals surface area contributed by atoms with Gasteiger partial charge < -0.3 is 0 Å². The number of para-hydroxylation sites is 1. The lowest BCUT2D eigenvalue weighted by molar-refractivity contribution is -0.136. The maximum atomic E-state index is 13.4. The lowest BCUT2D eigenvalue weighted by atomic mass is 10.1. The van der Waals surface area contributed by atoms with Crippen LogP contribution in [0, 0.1) is 6.57 Å². The van der Waals surface area contributed by atoms with Gasteiger partial charge in [0.15, 0.2) is 0 Å². The molecule has 0 unspecified atom stereocenters. The fourth-order valence-electron chi connectivity index (χ4n) is 2.50. The topological polar surface area (TPSA) is 38.4 Å². The monoisotopic (exact) mass is 355 g/mol. The highest BCUT2D eigenvalue weighted by molar-refractivity contribution is 5.67. The standard InChI is InChI=1S/C19H12F3N3O/c1-23-17-15(19(20,21)22)12-16(13-8-4-2-5-9-13)25(18(17)26)24-14-10-6-3-7-11-14/h2-12,24H. The Bertz CT molecular complexity index is 1020. The number of anilines is 1. The van der Waals surface area contributed by atoms with Crippen molar-refractivity contribution < 1.29 is 13.2 Å². The van der Waals surface area contributed by atoms with Gasteiger partial charge in [-0.25, -0.2) is 9.52 Å². The van der Waals surface area contributed by atoms with Crippen LogP contribution in [0.2, 0.25) is 0 Å². The Kier molecular flexibility index (Phi) is 4.50. The van der Waals surface area contributed by atoms with Crippen molar-refractivity contribution in [1.82, 2.24) is 4.68 Å². The van der Waals surface area contributed by atoms with Crippen molar-refractivity contribution in [2.45, 2.75) is 6.18 Å². The van der Waals surface area contributed by atoms with Gasteiger partial charge in [0.2, 0.25) is 0 Å². The molecule has 3 rings (SSSR count). The normalized spacial score (nSPS) is 11.0. The Morgan fingerprint density at radius 1 is 0.962 bits per heavy atom. The Labute approximate surface area is 146 Å². The van der Waals surface area contributed by atoms with E-state index in [-0.39, 0.29) is 5.69 Å². The van der Waals surface area contributed by atoms with E-state index in [0.717, 1.165) is 10.7 Å². The molecule has 26 heavy (non-hydrogen) atoms. The Morgan fingerprint density at radius 2 is 1.54 bits per heavy atom. The first-order chi connectivity index (χ1) is 12.4. The van der Waals surface area contributed by atoms with Crippen LogP contribution in [-0.4, -0.2) is 4.68 Å². The molecule has 1 heterocycles. The quantitative estimate of drug-likeness (QED) is 0.675. The molecule has 7 heteroatoms. The van der Waals surface area contributed by atoms with Crippen LogP contribution in [0.4, 0.5) is 24.5 Å². The van der Waals surface area contributed by atoms with E-state index in [1.807, 2.05) is 0 Å². The number of aromatic nitrogens is 1. The molecule has 0 bridgehead atoms. The summed E-state index contributed by atoms with van der Waals surface area (Å²) in [6.07, 6.45) is -4.81. The van der Waals surface area contributed by atoms with Crippen LogP contribution in [0.5, 0.6) is 0 Å². The fraction of sp³-hybridized carbons (Fsp3) is 0.0526. The maximum Gasteiger partial charge on any atom is 0.407 e. The lowest BCUT2D eigenvalue weighted by Crippen LogP contribution is -2.29. The van der Waals surface area contributed by atoms with Crippen molar-refractivity contribution in [3.63, 3.8) is 0 Å². The van der Waals surface area contributed by atoms with Gasteiger partial charge in [-0.1, -0.05) is 48.5 Å². The zero-order valence-electron chi connectivity index (χ0n) is 13.3. The Hall–Kier alpha value is -3.53. The van der Waals surface area contributed by atoms with Crippen LogP contribution in [0.1, 0.15) is 5.56 Å². The molecule has 0 saturated carbocycles. The summed E-state index contributed by atoms with van der Waals surface area (Å²) in [6, 6.07) is 17.6. The second-order valence-corrected chi connectivity index (χ2v) is 5.39. The Balaban J connectivity index is 2.31. The van der Waals surface area contributed by atoms with Gasteiger partial charge in [0.05, 0.1) is 23.5 Å². The van der Waals surface area contributed by atoms with Gasteiger partial charge in [-0.05, 0) is 18.2 Å². The van der Waals surface area contributed by atoms with E-state index in [1.165, 1.54) is 0 Å². The van der Waals surface area contributed by atoms with E-state index in [9.17, 15) is 18.0 Å². The van der Waals surface area contributed by atoms with Gasteiger partial charge in [-0.15, -0.1) is 0 Å². The number of hydrogen-bond acceptors (Lipinski definition) is 2. The average molecular weight is 355 g/mol. The summed E-state index contributed by atoms with van der Waals surface area (Å²) in [4.78, 5) is 15.5. The van der Waals surface area contributed by atoms with E-state index in [1.54, 1.807) is 60.7 Å². The predicted octanol–water partition coefficient (Wildman–Crippen LogP) is 4.96. The van der Waals surface area contributed by atoms with Crippen molar-refractivity contribution in [3.05, 3.63) is 94.1 Å². The molecule has 1 aromatic heterocycles. The highest BCUT2D eigenvalue weighted by Crippen LogP contribution is 2.36. The van der Waals surface area contributed by atoms with Crippen molar-refractivity contribution in [2.24, 2.45) is 0 Å². The summed E-state index contributed by atoms with van der Waals surface area (Å²) in [5.74, 6) is 0. The van der Waals surface area contributed by atoms with Crippen LogP contribution >= 0.6 is 0 Å². The van der Waals surface area contributed by atoms with E-state index in [4.69, 9.17) is 6.57 Å². The third-order valence-corrected chi connectivity index (χ3v) is 3.68. The summed E-state index contributed by atoms with van der Waals surface area (Å²) in [7, 11) is 0. The zero-order chi connectivity index (χ0) is 18.7. The molecule has 4 nitrogen and oxygen atoms in total. The number of rotatable bonds is 3. The molecule has 0 saturated heterocycles. The van der Waals surface area contributed by atoms with Crippen molar-refractivity contribution in [2.75, 3.05) is 5.43 Å². The van der Waals surface area contributed by atoms with Gasteiger partial charge in [0.25, 0.3) is 11.2 Å². The van der Waals surface area contributed by atoms with Crippen LogP contribution in [0.3, 0.4) is 0 Å². The molecule has 130 valence electrons. The summed E-state index contributed by atoms with van der Waals surface area (Å²) in [5, 5.41) is 0. The molecule has 0 aliphatic carbocycles. The molecule has 0 fully saturated rings. The first kappa shape index (κ1) is 17.3. The van der Waals surface area contributed by atoms with Gasteiger partial charge in [-0.3, -0.25) is 10.2 Å². The van der Waals surface area contributed by atoms with Gasteiger partial charge in [0, 0.05) is 5.56 Å². The summed E-state index contributed by atoms with van der Waals surface area (Å²) in [5.41, 5.74) is 0.436. The lowest BCUT2D eigenvalue weighted by Gasteiger charge is -2.19. The smallest absolute Gasteiger partial charge is 0.292 e. The number of hydrogen-bond donors (Lipinski definition) is 1. The third-order valence-electron chi connectivity index (χ3n) is 3.68. The van der Waals surface area contributed by atoms with E-state index >= 15 is 0 Å². The number of alkyl halides is 3. The van der Waals surface area contributed by atoms with Crippen molar-refractivity contribution in [3.8, 4) is 11.3 Å². The molecule has 0 amide bonds. The van der Waals surface area contributed by atoms with Crippen LogP contribution in [0.15, 0.2) is 71.5 Å². The minimum Gasteiger partial charge on any atom is -0.292 e. The fourth-order valence-corrected chi connectivity index (χ4v) is 2.50. The predicted molar refractivity (Wildman–Crippen MR) is 92.9 cm³/mol. The minimum absolute atomic E-state index is 0.0131. The first-order valence-corrected chi connectivity index (χ1v) is 7.54. The zero-order valence-corrected chi connectivity index (χ0v) is 13.3. The van der Waals surface area contributed by atoms with Crippen molar-refractivity contribution >= 4 is 11.4 Å². The van der Waals surface area contributed by atoms with Gasteiger partial charge in [0.1, 0.15) is 0 Å². The van der Waals surface area contributed by atoms with Gasteiger partial charge >= 0.3 is 6.18 Å². The van der Waals surface area contributed by atoms with E-state index in [2.05, 4.69) is 10.3 Å². The molecule has 0 aliphatic heterocycles. The van der Waals surface area contributed by atoms with Crippen molar-refractivity contribution in [1.29, 1.82) is 0 Å². The summed E-state index contributed by atoms with van der Waals surface area (Å²) in [6.45, 7) is 7.04. The average Bonchev–Trinajstić information content (AvgIpc) is 2.63. The molecule has 0 radical (unpaired) electrons. The second kappa shape index (κ2) is 6.76. The highest BCUT2D eigenvalue weighted by atomic mass is 19.4. The summed E-state index contributed by atoms with van der Waals surface area (Å²) < 4.78 is 41.0. The molecule has 1 N–H and O–H groups in total. The SMILES string of the molecule is [C-]#[N+]c1c(C(F)(F)F)cc(-c2ccccc2)n(Nc2ccccc2)c1=O. The largest absolute Gasteiger partial charge is 0.407 e. The van der Waals surface area contributed by atoms with E-state index < -0.39 is 23.0 Å². The molecule has 3 aromatic rings. The Morgan fingerprint density at radius 3 is 2.08 bits per heavy atom. The highest BCUT2D eigenvalue weighted by Gasteiger charge is 2.36. The van der Waals surface area contributed by atoms with Crippen LogP contribution < -0.4 is 11.0 Å². The number of nitrogens with zero attached hydrogens (tertiary/aromatic N) is 2. The summed E-state index contributed by atoms with van der Waals surface area (Å²) >= 11 is 0. The molecular formula is C19H12F3N3O. The van der Waals surface area contributed by atoms with Gasteiger partial charge in [-0.2, -0.15) is 13.2 Å². The molecule has 0 atom stereocenters. The van der Waals surface area contributed by atoms with Crippen LogP contribution in [0.25, 0.3) is 16.1 Å².